The molecule has 0 bridgehead atoms. The minimum atomic E-state index is 0.582. The van der Waals surface area contributed by atoms with Gasteiger partial charge in [-0.05, 0) is 60.7 Å². The summed E-state index contributed by atoms with van der Waals surface area (Å²) in [5.74, 6) is 1.51. The van der Waals surface area contributed by atoms with Gasteiger partial charge in [0.15, 0.2) is 16.7 Å². The Morgan fingerprint density at radius 1 is 1.00 bits per heavy atom. The van der Waals surface area contributed by atoms with Crippen LogP contribution in [0.15, 0.2) is 54.0 Å². The molecule has 2 aromatic rings. The molecule has 33 heavy (non-hydrogen) atoms. The van der Waals surface area contributed by atoms with E-state index in [1.807, 2.05) is 18.2 Å². The number of piperazine rings is 1. The van der Waals surface area contributed by atoms with Gasteiger partial charge in [0.05, 0.1) is 14.2 Å². The lowest BCUT2D eigenvalue weighted by Gasteiger charge is -2.36. The molecule has 1 fully saturated rings. The molecule has 1 aliphatic heterocycles. The Morgan fingerprint density at radius 2 is 1.70 bits per heavy atom. The molecule has 0 radical (unpaired) electrons. The first-order valence-corrected chi connectivity index (χ1v) is 12.0. The highest BCUT2D eigenvalue weighted by molar-refractivity contribution is 8.17. The second-order valence-corrected chi connectivity index (χ2v) is 9.38. The average Bonchev–Trinajstić information content (AvgIpc) is 2.84. The van der Waals surface area contributed by atoms with Crippen molar-refractivity contribution >= 4 is 22.5 Å². The average molecular weight is 466 g/mol. The van der Waals surface area contributed by atoms with Crippen molar-refractivity contribution < 1.29 is 9.47 Å². The second-order valence-electron chi connectivity index (χ2n) is 8.35. The summed E-state index contributed by atoms with van der Waals surface area (Å²) in [7, 11) is 3.32. The molecule has 2 aromatic carbocycles. The van der Waals surface area contributed by atoms with Crippen molar-refractivity contribution in [2.75, 3.05) is 40.4 Å². The first-order valence-electron chi connectivity index (χ1n) is 11.2. The van der Waals surface area contributed by atoms with Gasteiger partial charge in [-0.15, -0.1) is 0 Å². The standard InChI is InChI=1S/C27H35N3O2S/c1-7-26(21(4)23-10-8-19(2)20(3)16-23)33-27(28)30-14-12-29(13-15-30)18-22-9-11-24(31-5)25(17-22)32-6/h7-11,16-17,28H,1,12-15,18H2,2-6H3. The van der Waals surface area contributed by atoms with E-state index in [-0.39, 0.29) is 0 Å². The highest BCUT2D eigenvalue weighted by Crippen LogP contribution is 2.31. The number of thioether (sulfide) groups is 1. The lowest BCUT2D eigenvalue weighted by atomic mass is 10.0. The SMILES string of the molecule is C=CC(SC(=N)N1CCN(Cc2ccc(OC)c(OC)c2)CC1)=C(C)c1ccc(C)c(C)c1. The molecule has 1 saturated heterocycles. The molecule has 1 heterocycles. The van der Waals surface area contributed by atoms with Crippen LogP contribution in [0.3, 0.4) is 0 Å². The maximum absolute atomic E-state index is 8.69. The van der Waals surface area contributed by atoms with E-state index < -0.39 is 0 Å². The maximum atomic E-state index is 8.69. The summed E-state index contributed by atoms with van der Waals surface area (Å²) >= 11 is 1.50. The van der Waals surface area contributed by atoms with Gasteiger partial charge in [-0.2, -0.15) is 0 Å². The molecule has 5 nitrogen and oxygen atoms in total. The second kappa shape index (κ2) is 11.4. The summed E-state index contributed by atoms with van der Waals surface area (Å²) in [5.41, 5.74) is 6.12. The monoisotopic (exact) mass is 465 g/mol. The van der Waals surface area contributed by atoms with Gasteiger partial charge in [-0.3, -0.25) is 10.3 Å². The molecule has 0 amide bonds. The molecule has 0 spiro atoms. The zero-order valence-corrected chi connectivity index (χ0v) is 21.2. The number of ether oxygens (including phenoxy) is 2. The van der Waals surface area contributed by atoms with Gasteiger partial charge in [0.25, 0.3) is 0 Å². The van der Waals surface area contributed by atoms with Gasteiger partial charge >= 0.3 is 0 Å². The Hall–Kier alpha value is -2.70. The van der Waals surface area contributed by atoms with E-state index in [2.05, 4.69) is 61.4 Å². The van der Waals surface area contributed by atoms with Crippen molar-refractivity contribution in [3.05, 3.63) is 76.2 Å². The number of allylic oxidation sites excluding steroid dienone is 2. The fraction of sp³-hybridized carbons (Fsp3) is 0.370. The van der Waals surface area contributed by atoms with Gasteiger partial charge in [0.1, 0.15) is 0 Å². The summed E-state index contributed by atoms with van der Waals surface area (Å²) in [6.07, 6.45) is 1.87. The number of methoxy groups -OCH3 is 2. The minimum Gasteiger partial charge on any atom is -0.493 e. The van der Waals surface area contributed by atoms with Crippen LogP contribution in [0, 0.1) is 19.3 Å². The van der Waals surface area contributed by atoms with Crippen LogP contribution in [0.1, 0.15) is 29.2 Å². The smallest absolute Gasteiger partial charge is 0.161 e. The van der Waals surface area contributed by atoms with Crippen molar-refractivity contribution in [3.63, 3.8) is 0 Å². The molecule has 176 valence electrons. The number of nitrogens with one attached hydrogen (secondary N) is 1. The first kappa shape index (κ1) is 24.9. The Balaban J connectivity index is 1.59. The molecule has 6 heteroatoms. The molecule has 3 rings (SSSR count). The fourth-order valence-corrected chi connectivity index (χ4v) is 4.78. The Labute approximate surface area is 202 Å². The highest BCUT2D eigenvalue weighted by Gasteiger charge is 2.21. The largest absolute Gasteiger partial charge is 0.493 e. The summed E-state index contributed by atoms with van der Waals surface area (Å²) in [6, 6.07) is 12.6. The first-order chi connectivity index (χ1) is 15.9. The summed E-state index contributed by atoms with van der Waals surface area (Å²) in [6.45, 7) is 14.8. The van der Waals surface area contributed by atoms with Gasteiger partial charge in [0.2, 0.25) is 0 Å². The quantitative estimate of drug-likeness (QED) is 0.322. The number of aryl methyl sites for hydroxylation is 2. The van der Waals surface area contributed by atoms with E-state index in [1.165, 1.54) is 34.0 Å². The number of benzene rings is 2. The minimum absolute atomic E-state index is 0.582. The van der Waals surface area contributed by atoms with Crippen LogP contribution in [0.5, 0.6) is 11.5 Å². The molecule has 0 saturated carbocycles. The van der Waals surface area contributed by atoms with E-state index in [0.717, 1.165) is 54.7 Å². The van der Waals surface area contributed by atoms with Crippen LogP contribution in [-0.4, -0.2) is 55.4 Å². The molecule has 0 atom stereocenters. The summed E-state index contributed by atoms with van der Waals surface area (Å²) < 4.78 is 10.8. The molecule has 0 unspecified atom stereocenters. The number of amidine groups is 1. The molecule has 1 aliphatic rings. The molecule has 1 N–H and O–H groups in total. The zero-order valence-electron chi connectivity index (χ0n) is 20.4. The Morgan fingerprint density at radius 3 is 2.30 bits per heavy atom. The fourth-order valence-electron chi connectivity index (χ4n) is 3.90. The lowest BCUT2D eigenvalue weighted by molar-refractivity contribution is 0.177. The third-order valence-corrected chi connectivity index (χ3v) is 7.36. The highest BCUT2D eigenvalue weighted by atomic mass is 32.2. The van der Waals surface area contributed by atoms with Gasteiger partial charge in [-0.1, -0.05) is 48.7 Å². The van der Waals surface area contributed by atoms with Crippen molar-refractivity contribution in [3.8, 4) is 11.5 Å². The molecular formula is C27H35N3O2S. The van der Waals surface area contributed by atoms with Crippen LogP contribution < -0.4 is 9.47 Å². The van der Waals surface area contributed by atoms with Crippen molar-refractivity contribution in [2.45, 2.75) is 27.3 Å². The topological polar surface area (TPSA) is 48.8 Å². The van der Waals surface area contributed by atoms with Crippen molar-refractivity contribution in [1.29, 1.82) is 5.41 Å². The molecule has 0 aromatic heterocycles. The van der Waals surface area contributed by atoms with Crippen LogP contribution in [0.2, 0.25) is 0 Å². The Bertz CT molecular complexity index is 1040. The van der Waals surface area contributed by atoms with E-state index in [1.54, 1.807) is 14.2 Å². The lowest BCUT2D eigenvalue weighted by Crippen LogP contribution is -2.47. The molecular weight excluding hydrogens is 430 g/mol. The maximum Gasteiger partial charge on any atom is 0.161 e. The summed E-state index contributed by atoms with van der Waals surface area (Å²) in [5, 5.41) is 9.27. The van der Waals surface area contributed by atoms with E-state index in [0.29, 0.717) is 5.17 Å². The van der Waals surface area contributed by atoms with E-state index in [4.69, 9.17) is 14.9 Å². The van der Waals surface area contributed by atoms with Crippen molar-refractivity contribution in [1.82, 2.24) is 9.80 Å². The van der Waals surface area contributed by atoms with Gasteiger partial charge < -0.3 is 14.4 Å². The van der Waals surface area contributed by atoms with Crippen molar-refractivity contribution in [2.24, 2.45) is 0 Å². The van der Waals surface area contributed by atoms with Crippen LogP contribution in [0.4, 0.5) is 0 Å². The van der Waals surface area contributed by atoms with Gasteiger partial charge in [0, 0.05) is 37.6 Å². The third kappa shape index (κ3) is 6.21. The zero-order chi connectivity index (χ0) is 24.0. The van der Waals surface area contributed by atoms with Crippen LogP contribution in [-0.2, 0) is 6.54 Å². The number of hydrogen-bond donors (Lipinski definition) is 1. The number of rotatable bonds is 7. The normalized spacial score (nSPS) is 15.1. The number of nitrogens with zero attached hydrogens (tertiary/aromatic N) is 2. The van der Waals surface area contributed by atoms with Crippen LogP contribution in [0.25, 0.3) is 5.57 Å². The predicted octanol–water partition coefficient (Wildman–Crippen LogP) is 5.72. The molecule has 0 aliphatic carbocycles. The van der Waals surface area contributed by atoms with Crippen LogP contribution >= 0.6 is 11.8 Å². The predicted molar refractivity (Wildman–Crippen MR) is 140 cm³/mol. The van der Waals surface area contributed by atoms with Gasteiger partial charge in [-0.25, -0.2) is 0 Å². The van der Waals surface area contributed by atoms with E-state index in [9.17, 15) is 0 Å². The Kier molecular flexibility index (Phi) is 8.64. The number of hydrogen-bond acceptors (Lipinski definition) is 5. The summed E-state index contributed by atoms with van der Waals surface area (Å²) in [4.78, 5) is 5.61. The van der Waals surface area contributed by atoms with E-state index >= 15 is 0 Å². The third-order valence-electron chi connectivity index (χ3n) is 6.22.